The summed E-state index contributed by atoms with van der Waals surface area (Å²) in [6, 6.07) is 16.7. The second-order valence-corrected chi connectivity index (χ2v) is 11.2. The van der Waals surface area contributed by atoms with E-state index in [9.17, 15) is 19.2 Å². The number of carbonyl (C=O) groups is 4. The van der Waals surface area contributed by atoms with Crippen molar-refractivity contribution in [3.05, 3.63) is 71.8 Å². The lowest BCUT2D eigenvalue weighted by Gasteiger charge is -2.32. The molecular formula is C31H41N3O6. The van der Waals surface area contributed by atoms with E-state index in [1.807, 2.05) is 60.7 Å². The molecule has 2 atom stereocenters. The molecular weight excluding hydrogens is 510 g/mol. The molecule has 40 heavy (non-hydrogen) atoms. The van der Waals surface area contributed by atoms with Crippen LogP contribution < -0.4 is 10.6 Å². The van der Waals surface area contributed by atoms with Crippen molar-refractivity contribution in [2.24, 2.45) is 0 Å². The molecule has 0 saturated heterocycles. The number of hydrogen-bond donors (Lipinski definition) is 2. The van der Waals surface area contributed by atoms with Gasteiger partial charge >= 0.3 is 12.1 Å². The number of nitrogens with one attached hydrogen (secondary N) is 2. The highest BCUT2D eigenvalue weighted by Gasteiger charge is 2.33. The predicted molar refractivity (Wildman–Crippen MR) is 151 cm³/mol. The van der Waals surface area contributed by atoms with Gasteiger partial charge in [-0.25, -0.2) is 9.59 Å². The largest absolute Gasteiger partial charge is 0.458 e. The summed E-state index contributed by atoms with van der Waals surface area (Å²) in [5.74, 6) is -1.39. The van der Waals surface area contributed by atoms with Crippen LogP contribution in [0.3, 0.4) is 0 Å². The molecule has 2 N–H and O–H groups in total. The van der Waals surface area contributed by atoms with Gasteiger partial charge in [-0.3, -0.25) is 9.59 Å². The minimum absolute atomic E-state index is 0.0792. The van der Waals surface area contributed by atoms with Crippen molar-refractivity contribution in [2.75, 3.05) is 6.54 Å². The van der Waals surface area contributed by atoms with Crippen LogP contribution in [0.2, 0.25) is 0 Å². The topological polar surface area (TPSA) is 114 Å². The molecule has 9 heteroatoms. The first kappa shape index (κ1) is 30.7. The van der Waals surface area contributed by atoms with E-state index in [0.29, 0.717) is 0 Å². The highest BCUT2D eigenvalue weighted by molar-refractivity contribution is 5.91. The molecule has 0 bridgehead atoms. The van der Waals surface area contributed by atoms with Gasteiger partial charge in [-0.05, 0) is 51.7 Å². The zero-order valence-corrected chi connectivity index (χ0v) is 23.9. The number of hydrogen-bond acceptors (Lipinski definition) is 6. The fraction of sp³-hybridized carbons (Fsp3) is 0.484. The van der Waals surface area contributed by atoms with Crippen molar-refractivity contribution in [3.63, 3.8) is 0 Å². The lowest BCUT2D eigenvalue weighted by atomic mass is 10.1. The molecule has 0 radical (unpaired) electrons. The zero-order chi connectivity index (χ0) is 29.1. The number of alkyl carbamates (subject to hydrolysis) is 1. The van der Waals surface area contributed by atoms with Crippen molar-refractivity contribution >= 4 is 23.9 Å². The van der Waals surface area contributed by atoms with Crippen LogP contribution in [0.25, 0.3) is 0 Å². The summed E-state index contributed by atoms with van der Waals surface area (Å²) < 4.78 is 10.8. The van der Waals surface area contributed by atoms with Crippen molar-refractivity contribution in [3.8, 4) is 0 Å². The first-order valence-corrected chi connectivity index (χ1v) is 13.9. The highest BCUT2D eigenvalue weighted by atomic mass is 16.6. The van der Waals surface area contributed by atoms with E-state index in [1.54, 1.807) is 27.7 Å². The second-order valence-electron chi connectivity index (χ2n) is 11.2. The molecule has 0 aromatic heterocycles. The number of rotatable bonds is 11. The summed E-state index contributed by atoms with van der Waals surface area (Å²) in [6.07, 6.45) is 2.97. The van der Waals surface area contributed by atoms with E-state index in [0.717, 1.165) is 36.8 Å². The maximum Gasteiger partial charge on any atom is 0.408 e. The van der Waals surface area contributed by atoms with Crippen LogP contribution in [0.1, 0.15) is 64.5 Å². The lowest BCUT2D eigenvalue weighted by Crippen LogP contribution is -2.55. The Kier molecular flexibility index (Phi) is 11.1. The van der Waals surface area contributed by atoms with E-state index in [4.69, 9.17) is 9.47 Å². The van der Waals surface area contributed by atoms with E-state index in [-0.39, 0.29) is 31.5 Å². The van der Waals surface area contributed by atoms with Gasteiger partial charge in [-0.15, -0.1) is 0 Å². The average Bonchev–Trinajstić information content (AvgIpc) is 3.45. The minimum atomic E-state index is -0.918. The fourth-order valence-electron chi connectivity index (χ4n) is 4.67. The fourth-order valence-corrected chi connectivity index (χ4v) is 4.67. The van der Waals surface area contributed by atoms with Crippen molar-refractivity contribution in [1.82, 2.24) is 15.5 Å². The van der Waals surface area contributed by atoms with Gasteiger partial charge in [0, 0.05) is 12.5 Å². The van der Waals surface area contributed by atoms with Crippen LogP contribution in [-0.4, -0.2) is 59.0 Å². The highest BCUT2D eigenvalue weighted by Crippen LogP contribution is 2.24. The number of ether oxygens (including phenoxy) is 2. The first-order valence-electron chi connectivity index (χ1n) is 13.9. The molecule has 1 aliphatic rings. The van der Waals surface area contributed by atoms with Crippen molar-refractivity contribution in [2.45, 2.75) is 90.1 Å². The Morgan fingerprint density at radius 2 is 1.48 bits per heavy atom. The Morgan fingerprint density at radius 3 is 2.05 bits per heavy atom. The molecule has 0 aliphatic heterocycles. The van der Waals surface area contributed by atoms with Crippen LogP contribution in [0.15, 0.2) is 60.7 Å². The molecule has 9 nitrogen and oxygen atoms in total. The molecule has 0 spiro atoms. The molecule has 2 aromatic carbocycles. The predicted octanol–water partition coefficient (Wildman–Crippen LogP) is 4.14. The van der Waals surface area contributed by atoms with Crippen molar-refractivity contribution in [1.29, 1.82) is 0 Å². The molecule has 216 valence electrons. The molecule has 0 unspecified atom stereocenters. The Hall–Kier alpha value is -3.88. The quantitative estimate of drug-likeness (QED) is 0.406. The summed E-state index contributed by atoms with van der Waals surface area (Å²) >= 11 is 0. The first-order chi connectivity index (χ1) is 19.0. The lowest BCUT2D eigenvalue weighted by molar-refractivity contribution is -0.158. The Labute approximate surface area is 236 Å². The third-order valence-corrected chi connectivity index (χ3v) is 6.59. The van der Waals surface area contributed by atoms with Crippen molar-refractivity contribution < 1.29 is 28.7 Å². The number of amides is 3. The summed E-state index contributed by atoms with van der Waals surface area (Å²) in [5.41, 5.74) is 0.976. The maximum atomic E-state index is 13.5. The van der Waals surface area contributed by atoms with Crippen LogP contribution in [0, 0.1) is 0 Å². The normalized spacial score (nSPS) is 15.0. The number of esters is 1. The standard InChI is InChI=1S/C31H41N3O6/c1-22(32-30(38)39-21-24-15-9-6-10-16-24)28(36)34(25-17-11-12-18-25)20-27(35)33-26(29(37)40-31(2,3)4)19-23-13-7-5-8-14-23/h5-10,13-16,22,25-26H,11-12,17-21H2,1-4H3,(H,32,38)(H,33,35)/t22-,26-/m0/s1. The van der Waals surface area contributed by atoms with Gasteiger partial charge in [0.1, 0.15) is 24.3 Å². The second kappa shape index (κ2) is 14.5. The Bertz CT molecular complexity index is 1130. The zero-order valence-electron chi connectivity index (χ0n) is 23.9. The molecule has 1 fully saturated rings. The summed E-state index contributed by atoms with van der Waals surface area (Å²) in [7, 11) is 0. The Balaban J connectivity index is 1.65. The van der Waals surface area contributed by atoms with Gasteiger partial charge in [0.2, 0.25) is 11.8 Å². The van der Waals surface area contributed by atoms with E-state index >= 15 is 0 Å². The molecule has 3 amide bonds. The number of nitrogens with zero attached hydrogens (tertiary/aromatic N) is 1. The molecule has 3 rings (SSSR count). The molecule has 1 saturated carbocycles. The monoisotopic (exact) mass is 551 g/mol. The van der Waals surface area contributed by atoms with E-state index in [2.05, 4.69) is 10.6 Å². The molecule has 1 aliphatic carbocycles. The van der Waals surface area contributed by atoms with Crippen LogP contribution in [0.5, 0.6) is 0 Å². The summed E-state index contributed by atoms with van der Waals surface area (Å²) in [4.78, 5) is 53.6. The van der Waals surface area contributed by atoms with Gasteiger partial charge in [0.15, 0.2) is 0 Å². The van der Waals surface area contributed by atoms with Gasteiger partial charge in [0.25, 0.3) is 0 Å². The maximum absolute atomic E-state index is 13.5. The van der Waals surface area contributed by atoms with E-state index in [1.165, 1.54) is 4.90 Å². The molecule has 2 aromatic rings. The smallest absolute Gasteiger partial charge is 0.408 e. The van der Waals surface area contributed by atoms with Gasteiger partial charge < -0.3 is 25.0 Å². The SMILES string of the molecule is C[C@H](NC(=O)OCc1ccccc1)C(=O)N(CC(=O)N[C@@H](Cc1ccccc1)C(=O)OC(C)(C)C)C1CCCC1. The number of benzene rings is 2. The van der Waals surface area contributed by atoms with Gasteiger partial charge in [-0.1, -0.05) is 73.5 Å². The minimum Gasteiger partial charge on any atom is -0.458 e. The average molecular weight is 552 g/mol. The van der Waals surface area contributed by atoms with Gasteiger partial charge in [0.05, 0.1) is 6.54 Å². The van der Waals surface area contributed by atoms with Crippen LogP contribution in [-0.2, 0) is 36.9 Å². The summed E-state index contributed by atoms with van der Waals surface area (Å²) in [5, 5.41) is 5.38. The third-order valence-electron chi connectivity index (χ3n) is 6.59. The number of carbonyl (C=O) groups excluding carboxylic acids is 4. The van der Waals surface area contributed by atoms with Crippen LogP contribution >= 0.6 is 0 Å². The molecule has 0 heterocycles. The van der Waals surface area contributed by atoms with Crippen LogP contribution in [0.4, 0.5) is 4.79 Å². The summed E-state index contributed by atoms with van der Waals surface area (Å²) in [6.45, 7) is 6.73. The van der Waals surface area contributed by atoms with Gasteiger partial charge in [-0.2, -0.15) is 0 Å². The Morgan fingerprint density at radius 1 is 0.900 bits per heavy atom. The van der Waals surface area contributed by atoms with E-state index < -0.39 is 35.7 Å². The third kappa shape index (κ3) is 10.0.